The van der Waals surface area contributed by atoms with E-state index in [2.05, 4.69) is 15.9 Å². The summed E-state index contributed by atoms with van der Waals surface area (Å²) < 4.78 is 6.69. The molecule has 1 aromatic heterocycles. The maximum absolute atomic E-state index is 12.5. The fourth-order valence-electron chi connectivity index (χ4n) is 3.18. The quantitative estimate of drug-likeness (QED) is 0.906. The molecule has 4 rings (SSSR count). The van der Waals surface area contributed by atoms with Gasteiger partial charge in [-0.25, -0.2) is 0 Å². The van der Waals surface area contributed by atoms with Crippen LogP contribution in [0.3, 0.4) is 0 Å². The third kappa shape index (κ3) is 2.02. The minimum absolute atomic E-state index is 0.120. The van der Waals surface area contributed by atoms with Crippen LogP contribution in [0.5, 0.6) is 0 Å². The molecule has 2 fully saturated rings. The number of likely N-dealkylation sites (tertiary alicyclic amines) is 1. The Morgan fingerprint density at radius 2 is 2.14 bits per heavy atom. The summed E-state index contributed by atoms with van der Waals surface area (Å²) in [5.74, 6) is 0.653. The third-order valence-electron chi connectivity index (χ3n) is 4.65. The Bertz CT molecular complexity index is 741. The van der Waals surface area contributed by atoms with Crippen molar-refractivity contribution in [2.24, 2.45) is 5.92 Å². The van der Waals surface area contributed by atoms with Crippen molar-refractivity contribution in [1.82, 2.24) is 4.90 Å². The minimum atomic E-state index is -0.654. The SMILES string of the molecule is Cc1c(C(=O)N2CC(O)(C3CC3)C2)oc2ccc(Br)cc12. The van der Waals surface area contributed by atoms with Crippen molar-refractivity contribution in [3.05, 3.63) is 34.0 Å². The van der Waals surface area contributed by atoms with Crippen LogP contribution >= 0.6 is 15.9 Å². The van der Waals surface area contributed by atoms with Gasteiger partial charge in [0, 0.05) is 15.4 Å². The lowest BCUT2D eigenvalue weighted by Crippen LogP contribution is -2.64. The van der Waals surface area contributed by atoms with Gasteiger partial charge in [0.2, 0.25) is 0 Å². The van der Waals surface area contributed by atoms with Gasteiger partial charge in [-0.2, -0.15) is 0 Å². The van der Waals surface area contributed by atoms with Gasteiger partial charge in [0.1, 0.15) is 11.2 Å². The van der Waals surface area contributed by atoms with E-state index in [0.29, 0.717) is 24.8 Å². The first-order chi connectivity index (χ1) is 9.98. The number of furan rings is 1. The fraction of sp³-hybridized carbons (Fsp3) is 0.438. The standard InChI is InChI=1S/C16H16BrNO3/c1-9-12-6-11(17)4-5-13(12)21-14(9)15(19)18-7-16(20,8-18)10-2-3-10/h4-6,10,20H,2-3,7-8H2,1H3. The van der Waals surface area contributed by atoms with Crippen LogP contribution in [0.2, 0.25) is 0 Å². The highest BCUT2D eigenvalue weighted by Crippen LogP contribution is 2.45. The van der Waals surface area contributed by atoms with Gasteiger partial charge >= 0.3 is 0 Å². The highest BCUT2D eigenvalue weighted by atomic mass is 79.9. The largest absolute Gasteiger partial charge is 0.451 e. The second-order valence-corrected chi connectivity index (χ2v) is 7.15. The molecule has 2 aliphatic rings. The molecular weight excluding hydrogens is 334 g/mol. The van der Waals surface area contributed by atoms with Crippen molar-refractivity contribution < 1.29 is 14.3 Å². The number of rotatable bonds is 2. The summed E-state index contributed by atoms with van der Waals surface area (Å²) in [6.07, 6.45) is 2.16. The van der Waals surface area contributed by atoms with Gasteiger partial charge in [-0.3, -0.25) is 4.79 Å². The van der Waals surface area contributed by atoms with Crippen LogP contribution in [-0.2, 0) is 0 Å². The van der Waals surface area contributed by atoms with Crippen LogP contribution in [0.25, 0.3) is 11.0 Å². The third-order valence-corrected chi connectivity index (χ3v) is 5.14. The van der Waals surface area contributed by atoms with Crippen molar-refractivity contribution in [1.29, 1.82) is 0 Å². The predicted molar refractivity (Wildman–Crippen MR) is 82.2 cm³/mol. The molecule has 4 nitrogen and oxygen atoms in total. The Balaban J connectivity index is 1.62. The number of aliphatic hydroxyl groups is 1. The average Bonchev–Trinajstić information content (AvgIpc) is 3.22. The Kier molecular flexibility index (Phi) is 2.75. The number of amides is 1. The van der Waals surface area contributed by atoms with Crippen LogP contribution in [0.15, 0.2) is 27.1 Å². The van der Waals surface area contributed by atoms with E-state index < -0.39 is 5.60 Å². The van der Waals surface area contributed by atoms with E-state index in [1.807, 2.05) is 25.1 Å². The Morgan fingerprint density at radius 1 is 1.43 bits per heavy atom. The second kappa shape index (κ2) is 4.34. The number of carbonyl (C=O) groups is 1. The van der Waals surface area contributed by atoms with Crippen LogP contribution in [0.1, 0.15) is 29.0 Å². The summed E-state index contributed by atoms with van der Waals surface area (Å²) in [6, 6.07) is 5.72. The number of fused-ring (bicyclic) bond motifs is 1. The Labute approximate surface area is 130 Å². The van der Waals surface area contributed by atoms with Crippen molar-refractivity contribution in [3.63, 3.8) is 0 Å². The zero-order valence-corrected chi connectivity index (χ0v) is 13.3. The molecule has 0 unspecified atom stereocenters. The highest BCUT2D eigenvalue weighted by Gasteiger charge is 2.53. The number of β-amino-alcohol motifs (C(OH)–C–C–N with tert-alkyl or cyclic N) is 1. The first kappa shape index (κ1) is 13.3. The molecule has 2 aromatic rings. The molecule has 21 heavy (non-hydrogen) atoms. The van der Waals surface area contributed by atoms with Crippen molar-refractivity contribution in [3.8, 4) is 0 Å². The predicted octanol–water partition coefficient (Wildman–Crippen LogP) is 3.10. The van der Waals surface area contributed by atoms with Crippen molar-refractivity contribution >= 4 is 32.8 Å². The summed E-state index contributed by atoms with van der Waals surface area (Å²) in [7, 11) is 0. The van der Waals surface area contributed by atoms with Crippen LogP contribution in [0, 0.1) is 12.8 Å². The van der Waals surface area contributed by atoms with Gasteiger partial charge in [0.05, 0.1) is 13.1 Å². The number of hydrogen-bond acceptors (Lipinski definition) is 3. The van der Waals surface area contributed by atoms with E-state index in [0.717, 1.165) is 33.8 Å². The van der Waals surface area contributed by atoms with E-state index >= 15 is 0 Å². The summed E-state index contributed by atoms with van der Waals surface area (Å²) in [5, 5.41) is 11.3. The molecule has 1 amide bonds. The van der Waals surface area contributed by atoms with Crippen molar-refractivity contribution in [2.75, 3.05) is 13.1 Å². The van der Waals surface area contributed by atoms with E-state index in [9.17, 15) is 9.90 Å². The molecule has 0 atom stereocenters. The molecule has 1 N–H and O–H groups in total. The molecule has 1 aliphatic heterocycles. The number of halogens is 1. The van der Waals surface area contributed by atoms with Crippen LogP contribution in [-0.4, -0.2) is 34.6 Å². The lowest BCUT2D eigenvalue weighted by Gasteiger charge is -2.46. The van der Waals surface area contributed by atoms with Gasteiger partial charge < -0.3 is 14.4 Å². The van der Waals surface area contributed by atoms with Crippen LogP contribution in [0.4, 0.5) is 0 Å². The zero-order valence-electron chi connectivity index (χ0n) is 11.7. The first-order valence-electron chi connectivity index (χ1n) is 7.18. The number of aryl methyl sites for hydroxylation is 1. The number of carbonyl (C=O) groups excluding carboxylic acids is 1. The molecular formula is C16H16BrNO3. The lowest BCUT2D eigenvalue weighted by atomic mass is 9.88. The average molecular weight is 350 g/mol. The molecule has 1 saturated heterocycles. The van der Waals surface area contributed by atoms with Gasteiger partial charge in [-0.05, 0) is 43.9 Å². The van der Waals surface area contributed by atoms with Gasteiger partial charge in [-0.1, -0.05) is 15.9 Å². The molecule has 1 aliphatic carbocycles. The van der Waals surface area contributed by atoms with Crippen LogP contribution < -0.4 is 0 Å². The molecule has 0 radical (unpaired) electrons. The summed E-state index contributed by atoms with van der Waals surface area (Å²) in [6.45, 7) is 2.76. The Hall–Kier alpha value is -1.33. The minimum Gasteiger partial charge on any atom is -0.451 e. The molecule has 0 bridgehead atoms. The second-order valence-electron chi connectivity index (χ2n) is 6.24. The summed E-state index contributed by atoms with van der Waals surface area (Å²) in [4.78, 5) is 14.2. The molecule has 1 saturated carbocycles. The van der Waals surface area contributed by atoms with Gasteiger partial charge in [0.15, 0.2) is 5.76 Å². The smallest absolute Gasteiger partial charge is 0.290 e. The summed E-state index contributed by atoms with van der Waals surface area (Å²) >= 11 is 3.43. The number of benzene rings is 1. The maximum atomic E-state index is 12.5. The monoisotopic (exact) mass is 349 g/mol. The highest BCUT2D eigenvalue weighted by molar-refractivity contribution is 9.10. The normalized spacial score (nSPS) is 20.6. The van der Waals surface area contributed by atoms with E-state index in [-0.39, 0.29) is 5.91 Å². The molecule has 110 valence electrons. The topological polar surface area (TPSA) is 53.7 Å². The van der Waals surface area contributed by atoms with Crippen molar-refractivity contribution in [2.45, 2.75) is 25.4 Å². The molecule has 0 spiro atoms. The fourth-order valence-corrected chi connectivity index (χ4v) is 3.54. The number of hydrogen-bond donors (Lipinski definition) is 1. The molecule has 2 heterocycles. The Morgan fingerprint density at radius 3 is 2.81 bits per heavy atom. The molecule has 5 heteroatoms. The van der Waals surface area contributed by atoms with Gasteiger partial charge in [0.25, 0.3) is 5.91 Å². The maximum Gasteiger partial charge on any atom is 0.290 e. The lowest BCUT2D eigenvalue weighted by molar-refractivity contribution is -0.0965. The van der Waals surface area contributed by atoms with E-state index in [1.54, 1.807) is 4.90 Å². The van der Waals surface area contributed by atoms with E-state index in [1.165, 1.54) is 0 Å². The van der Waals surface area contributed by atoms with E-state index in [4.69, 9.17) is 4.42 Å². The number of nitrogens with zero attached hydrogens (tertiary/aromatic N) is 1. The van der Waals surface area contributed by atoms with Gasteiger partial charge in [-0.15, -0.1) is 0 Å². The zero-order chi connectivity index (χ0) is 14.8. The summed E-state index contributed by atoms with van der Waals surface area (Å²) in [5.41, 5.74) is 0.925. The first-order valence-corrected chi connectivity index (χ1v) is 7.97. The molecule has 1 aromatic carbocycles.